The van der Waals surface area contributed by atoms with E-state index in [-0.39, 0.29) is 37.6 Å². The number of fused-ring (bicyclic) bond motifs is 1. The predicted molar refractivity (Wildman–Crippen MR) is 114 cm³/mol. The minimum Gasteiger partial charge on any atom is -0.356 e. The second kappa shape index (κ2) is 8.25. The minimum absolute atomic E-state index is 0.00995. The minimum atomic E-state index is -4.44. The molecule has 0 unspecified atom stereocenters. The third kappa shape index (κ3) is 4.36. The highest BCUT2D eigenvalue weighted by Crippen LogP contribution is 2.37. The van der Waals surface area contributed by atoms with E-state index in [2.05, 4.69) is 19.9 Å². The van der Waals surface area contributed by atoms with E-state index in [0.717, 1.165) is 0 Å². The van der Waals surface area contributed by atoms with Gasteiger partial charge in [-0.05, 0) is 25.1 Å². The summed E-state index contributed by atoms with van der Waals surface area (Å²) in [6, 6.07) is 6.78. The second-order valence-corrected chi connectivity index (χ2v) is 10.1. The number of aryl methyl sites for hydroxylation is 1. The highest BCUT2D eigenvalue weighted by Gasteiger charge is 2.20. The van der Waals surface area contributed by atoms with Crippen LogP contribution in [-0.2, 0) is 20.1 Å². The van der Waals surface area contributed by atoms with Gasteiger partial charge in [0, 0.05) is 17.6 Å². The van der Waals surface area contributed by atoms with Crippen LogP contribution in [0.1, 0.15) is 12.6 Å². The fraction of sp³-hybridized carbons (Fsp3) is 0.176. The lowest BCUT2D eigenvalue weighted by atomic mass is 10.2. The molecule has 1 heterocycles. The highest BCUT2D eigenvalue weighted by molar-refractivity contribution is 7.89. The number of nitrogens with one attached hydrogen (secondary N) is 2. The molecule has 13 heteroatoms. The first-order chi connectivity index (χ1) is 14.0. The van der Waals surface area contributed by atoms with Gasteiger partial charge in [0.1, 0.15) is 21.2 Å². The summed E-state index contributed by atoms with van der Waals surface area (Å²) in [5.41, 5.74) is 1.13. The van der Waals surface area contributed by atoms with Crippen LogP contribution >= 0.6 is 23.2 Å². The van der Waals surface area contributed by atoms with Crippen molar-refractivity contribution in [2.45, 2.75) is 23.6 Å². The van der Waals surface area contributed by atoms with Crippen LogP contribution in [0.4, 0.5) is 11.4 Å². The Morgan fingerprint density at radius 3 is 2.40 bits per heavy atom. The number of azo groups is 1. The normalized spacial score (nSPS) is 12.8. The Morgan fingerprint density at radius 1 is 1.07 bits per heavy atom. The van der Waals surface area contributed by atoms with Gasteiger partial charge in [0.2, 0.25) is 10.0 Å². The molecule has 3 rings (SSSR count). The monoisotopic (exact) mass is 490 g/mol. The molecule has 3 N–H and O–H groups in total. The number of para-hydroxylation sites is 1. The molecular weight excluding hydrogens is 475 g/mol. The summed E-state index contributed by atoms with van der Waals surface area (Å²) in [5.74, 6) is 0. The van der Waals surface area contributed by atoms with E-state index in [1.54, 1.807) is 19.9 Å². The van der Waals surface area contributed by atoms with Crippen LogP contribution in [0, 0.1) is 6.92 Å². The maximum Gasteiger partial charge on any atom is 0.296 e. The Balaban J connectivity index is 2.08. The molecule has 30 heavy (non-hydrogen) atoms. The van der Waals surface area contributed by atoms with Gasteiger partial charge in [0.15, 0.2) is 0 Å². The SMILES string of the molecule is CCNS(=O)(=O)c1cc(Cl)c(N=Nc2c(C)[nH]c3c(S(=O)(=O)O)cccc23)cc1Cl. The summed E-state index contributed by atoms with van der Waals surface area (Å²) in [6.45, 7) is 3.47. The molecule has 0 amide bonds. The van der Waals surface area contributed by atoms with Gasteiger partial charge < -0.3 is 4.98 Å². The first-order valence-electron chi connectivity index (χ1n) is 8.45. The van der Waals surface area contributed by atoms with Crippen LogP contribution in [-0.4, -0.2) is 32.9 Å². The van der Waals surface area contributed by atoms with E-state index in [9.17, 15) is 21.4 Å². The van der Waals surface area contributed by atoms with Crippen molar-refractivity contribution in [1.29, 1.82) is 0 Å². The van der Waals surface area contributed by atoms with Gasteiger partial charge in [-0.15, -0.1) is 10.2 Å². The smallest absolute Gasteiger partial charge is 0.296 e. The number of sulfonamides is 1. The Bertz CT molecular complexity index is 1380. The fourth-order valence-electron chi connectivity index (χ4n) is 2.82. The zero-order valence-corrected chi connectivity index (χ0v) is 18.8. The van der Waals surface area contributed by atoms with Gasteiger partial charge in [0.25, 0.3) is 10.1 Å². The average Bonchev–Trinajstić information content (AvgIpc) is 2.96. The molecule has 0 aliphatic carbocycles. The highest BCUT2D eigenvalue weighted by atomic mass is 35.5. The molecule has 0 atom stereocenters. The Hall–Kier alpha value is -2.02. The molecule has 0 fully saturated rings. The summed E-state index contributed by atoms with van der Waals surface area (Å²) < 4.78 is 59.3. The number of aromatic amines is 1. The fourth-order valence-corrected chi connectivity index (χ4v) is 5.34. The molecule has 3 aromatic rings. The number of H-pyrrole nitrogens is 1. The van der Waals surface area contributed by atoms with Crippen molar-refractivity contribution >= 4 is 65.6 Å². The summed E-state index contributed by atoms with van der Waals surface area (Å²) >= 11 is 12.3. The number of aromatic nitrogens is 1. The maximum absolute atomic E-state index is 12.2. The number of nitrogens with zero attached hydrogens (tertiary/aromatic N) is 2. The van der Waals surface area contributed by atoms with Crippen LogP contribution in [0.5, 0.6) is 0 Å². The van der Waals surface area contributed by atoms with Crippen LogP contribution in [0.3, 0.4) is 0 Å². The van der Waals surface area contributed by atoms with Gasteiger partial charge in [-0.25, -0.2) is 13.1 Å². The summed E-state index contributed by atoms with van der Waals surface area (Å²) in [7, 11) is -8.26. The van der Waals surface area contributed by atoms with Crippen molar-refractivity contribution in [3.05, 3.63) is 46.1 Å². The standard InChI is InChI=1S/C17H16Cl2N4O5S2/c1-3-20-29(24,25)15-8-11(18)13(7-12(15)19)22-23-16-9(2)21-17-10(16)5-4-6-14(17)30(26,27)28/h4-8,20-21H,3H2,1-2H3,(H,26,27,28). The molecule has 2 aromatic carbocycles. The molecule has 0 aliphatic rings. The largest absolute Gasteiger partial charge is 0.356 e. The van der Waals surface area contributed by atoms with E-state index in [4.69, 9.17) is 23.2 Å². The maximum atomic E-state index is 12.2. The summed E-state index contributed by atoms with van der Waals surface area (Å²) in [5, 5.41) is 8.51. The number of hydrogen-bond donors (Lipinski definition) is 3. The number of rotatable bonds is 6. The summed E-state index contributed by atoms with van der Waals surface area (Å²) in [6.07, 6.45) is 0. The molecular formula is C17H16Cl2N4O5S2. The topological polar surface area (TPSA) is 141 Å². The molecule has 9 nitrogen and oxygen atoms in total. The Kier molecular flexibility index (Phi) is 6.23. The van der Waals surface area contributed by atoms with Crippen molar-refractivity contribution in [3.8, 4) is 0 Å². The quantitative estimate of drug-likeness (QED) is 0.337. The van der Waals surface area contributed by atoms with E-state index in [1.165, 1.54) is 24.3 Å². The van der Waals surface area contributed by atoms with Gasteiger partial charge in [-0.2, -0.15) is 8.42 Å². The van der Waals surface area contributed by atoms with E-state index >= 15 is 0 Å². The van der Waals surface area contributed by atoms with Crippen molar-refractivity contribution in [2.24, 2.45) is 10.2 Å². The van der Waals surface area contributed by atoms with Gasteiger partial charge >= 0.3 is 0 Å². The van der Waals surface area contributed by atoms with Gasteiger partial charge in [0.05, 0.1) is 15.6 Å². The third-order valence-corrected chi connectivity index (χ3v) is 7.32. The number of halogens is 2. The van der Waals surface area contributed by atoms with Crippen LogP contribution in [0.25, 0.3) is 10.9 Å². The van der Waals surface area contributed by atoms with E-state index in [0.29, 0.717) is 16.8 Å². The molecule has 0 saturated carbocycles. The molecule has 160 valence electrons. The van der Waals surface area contributed by atoms with Crippen LogP contribution in [0.15, 0.2) is 50.4 Å². The lowest BCUT2D eigenvalue weighted by Crippen LogP contribution is -2.23. The van der Waals surface area contributed by atoms with E-state index in [1.807, 2.05) is 0 Å². The van der Waals surface area contributed by atoms with Crippen molar-refractivity contribution in [1.82, 2.24) is 9.71 Å². The summed E-state index contributed by atoms with van der Waals surface area (Å²) in [4.78, 5) is 2.40. The molecule has 0 radical (unpaired) electrons. The van der Waals surface area contributed by atoms with Gasteiger partial charge in [-0.1, -0.05) is 42.3 Å². The molecule has 0 saturated heterocycles. The number of benzene rings is 2. The van der Waals surface area contributed by atoms with Crippen molar-refractivity contribution in [3.63, 3.8) is 0 Å². The lowest BCUT2D eigenvalue weighted by molar-refractivity contribution is 0.484. The van der Waals surface area contributed by atoms with Crippen LogP contribution in [0.2, 0.25) is 10.0 Å². The van der Waals surface area contributed by atoms with Crippen molar-refractivity contribution in [2.75, 3.05) is 6.54 Å². The van der Waals surface area contributed by atoms with Gasteiger partial charge in [-0.3, -0.25) is 4.55 Å². The average molecular weight is 491 g/mol. The van der Waals surface area contributed by atoms with E-state index < -0.39 is 20.1 Å². The Morgan fingerprint density at radius 2 is 1.77 bits per heavy atom. The molecule has 1 aromatic heterocycles. The first kappa shape index (κ1) is 22.7. The third-order valence-electron chi connectivity index (χ3n) is 4.11. The molecule has 0 aliphatic heterocycles. The van der Waals surface area contributed by atoms with Crippen molar-refractivity contribution < 1.29 is 21.4 Å². The van der Waals surface area contributed by atoms with Crippen LogP contribution < -0.4 is 4.72 Å². The predicted octanol–water partition coefficient (Wildman–Crippen LogP) is 4.74. The zero-order chi connectivity index (χ0) is 22.3. The first-order valence-corrected chi connectivity index (χ1v) is 12.1. The molecule has 0 bridgehead atoms. The second-order valence-electron chi connectivity index (χ2n) is 6.19. The zero-order valence-electron chi connectivity index (χ0n) is 15.6. The lowest BCUT2D eigenvalue weighted by Gasteiger charge is -2.08. The molecule has 0 spiro atoms. The Labute approximate surface area is 182 Å². The number of hydrogen-bond acceptors (Lipinski definition) is 6.